The van der Waals surface area contributed by atoms with Gasteiger partial charge in [-0.05, 0) is 36.4 Å². The van der Waals surface area contributed by atoms with Crippen LogP contribution in [0, 0.1) is 6.92 Å². The first kappa shape index (κ1) is 20.7. The van der Waals surface area contributed by atoms with Gasteiger partial charge in [0.25, 0.3) is 0 Å². The second-order valence-corrected chi connectivity index (χ2v) is 7.85. The summed E-state index contributed by atoms with van der Waals surface area (Å²) in [7, 11) is 0.570. The molecule has 0 saturated carbocycles. The zero-order chi connectivity index (χ0) is 21.0. The van der Waals surface area contributed by atoms with Crippen LogP contribution in [0.3, 0.4) is 0 Å². The molecule has 2 aromatic carbocycles. The number of benzene rings is 2. The molecule has 0 aliphatic rings. The lowest BCUT2D eigenvalue weighted by molar-refractivity contribution is 0.397. The minimum atomic E-state index is -3.90. The lowest BCUT2D eigenvalue weighted by atomic mass is 10.2. The third-order valence-corrected chi connectivity index (χ3v) is 5.72. The second kappa shape index (κ2) is 8.54. The minimum absolute atomic E-state index is 0.00610. The van der Waals surface area contributed by atoms with Crippen molar-refractivity contribution in [2.75, 3.05) is 21.3 Å². The van der Waals surface area contributed by atoms with Gasteiger partial charge in [-0.2, -0.15) is 0 Å². The standard InChI is InChI=1S/C20H22N2O6S/c1-13-21-12-19(28-13)14-5-7-18(27-4)20(10-14)29(23,24)22-11-15-9-16(25-2)6-8-17(15)26-3/h5-10,12,22H,11H2,1-4H3. The van der Waals surface area contributed by atoms with Gasteiger partial charge in [0.15, 0.2) is 11.7 Å². The predicted molar refractivity (Wildman–Crippen MR) is 107 cm³/mol. The molecule has 29 heavy (non-hydrogen) atoms. The van der Waals surface area contributed by atoms with Crippen molar-refractivity contribution in [3.05, 3.63) is 54.0 Å². The Morgan fingerprint density at radius 3 is 2.34 bits per heavy atom. The van der Waals surface area contributed by atoms with Crippen molar-refractivity contribution in [2.24, 2.45) is 0 Å². The highest BCUT2D eigenvalue weighted by molar-refractivity contribution is 7.89. The number of nitrogens with zero attached hydrogens (tertiary/aromatic N) is 1. The summed E-state index contributed by atoms with van der Waals surface area (Å²) >= 11 is 0. The Morgan fingerprint density at radius 2 is 1.72 bits per heavy atom. The van der Waals surface area contributed by atoms with Crippen molar-refractivity contribution in [1.29, 1.82) is 0 Å². The molecule has 8 nitrogen and oxygen atoms in total. The number of methoxy groups -OCH3 is 3. The summed E-state index contributed by atoms with van der Waals surface area (Å²) in [6.45, 7) is 1.73. The normalized spacial score (nSPS) is 11.3. The van der Waals surface area contributed by atoms with Crippen LogP contribution in [0.4, 0.5) is 0 Å². The van der Waals surface area contributed by atoms with Gasteiger partial charge in [0, 0.05) is 24.6 Å². The Morgan fingerprint density at radius 1 is 1.00 bits per heavy atom. The molecule has 0 fully saturated rings. The van der Waals surface area contributed by atoms with Gasteiger partial charge in [0.05, 0.1) is 27.5 Å². The lowest BCUT2D eigenvalue weighted by Gasteiger charge is -2.14. The van der Waals surface area contributed by atoms with Gasteiger partial charge in [0.1, 0.15) is 22.1 Å². The van der Waals surface area contributed by atoms with E-state index in [4.69, 9.17) is 18.6 Å². The van der Waals surface area contributed by atoms with E-state index in [0.29, 0.717) is 34.3 Å². The Kier molecular flexibility index (Phi) is 6.09. The number of hydrogen-bond acceptors (Lipinski definition) is 7. The Hall–Kier alpha value is -3.04. The lowest BCUT2D eigenvalue weighted by Crippen LogP contribution is -2.24. The average Bonchev–Trinajstić information content (AvgIpc) is 3.17. The first-order chi connectivity index (χ1) is 13.9. The van der Waals surface area contributed by atoms with Crippen molar-refractivity contribution < 1.29 is 27.0 Å². The molecule has 3 rings (SSSR count). The van der Waals surface area contributed by atoms with Crippen LogP contribution in [0.1, 0.15) is 11.5 Å². The summed E-state index contributed by atoms with van der Waals surface area (Å²) in [5.41, 5.74) is 1.21. The molecule has 1 N–H and O–H groups in total. The van der Waals surface area contributed by atoms with Gasteiger partial charge in [0.2, 0.25) is 10.0 Å². The van der Waals surface area contributed by atoms with E-state index in [1.807, 2.05) is 0 Å². The number of hydrogen-bond donors (Lipinski definition) is 1. The minimum Gasteiger partial charge on any atom is -0.497 e. The molecule has 0 unspecified atom stereocenters. The van der Waals surface area contributed by atoms with Gasteiger partial charge < -0.3 is 18.6 Å². The van der Waals surface area contributed by atoms with E-state index in [1.165, 1.54) is 27.4 Å². The SMILES string of the molecule is COc1ccc(OC)c(CNS(=O)(=O)c2cc(-c3cnc(C)o3)ccc2OC)c1. The number of ether oxygens (including phenoxy) is 3. The highest BCUT2D eigenvalue weighted by Gasteiger charge is 2.22. The molecule has 0 spiro atoms. The molecule has 154 valence electrons. The first-order valence-electron chi connectivity index (χ1n) is 8.69. The van der Waals surface area contributed by atoms with Crippen LogP contribution in [0.25, 0.3) is 11.3 Å². The first-order valence-corrected chi connectivity index (χ1v) is 10.2. The van der Waals surface area contributed by atoms with E-state index in [1.54, 1.807) is 43.5 Å². The molecule has 0 saturated heterocycles. The molecule has 0 bridgehead atoms. The van der Waals surface area contributed by atoms with Crippen molar-refractivity contribution in [3.63, 3.8) is 0 Å². The number of aromatic nitrogens is 1. The van der Waals surface area contributed by atoms with E-state index < -0.39 is 10.0 Å². The van der Waals surface area contributed by atoms with Crippen LogP contribution < -0.4 is 18.9 Å². The van der Waals surface area contributed by atoms with Crippen LogP contribution in [0.15, 0.2) is 51.9 Å². The predicted octanol–water partition coefficient (Wildman–Crippen LogP) is 3.15. The van der Waals surface area contributed by atoms with Gasteiger partial charge >= 0.3 is 0 Å². The molecule has 9 heteroatoms. The van der Waals surface area contributed by atoms with Crippen molar-refractivity contribution in [3.8, 4) is 28.6 Å². The molecule has 0 atom stereocenters. The monoisotopic (exact) mass is 418 g/mol. The van der Waals surface area contributed by atoms with E-state index in [-0.39, 0.29) is 17.2 Å². The van der Waals surface area contributed by atoms with E-state index in [9.17, 15) is 8.42 Å². The Balaban J connectivity index is 1.93. The van der Waals surface area contributed by atoms with Gasteiger partial charge in [-0.25, -0.2) is 18.1 Å². The molecule has 0 aliphatic heterocycles. The summed E-state index contributed by atoms with van der Waals surface area (Å²) in [5, 5.41) is 0. The third kappa shape index (κ3) is 4.52. The smallest absolute Gasteiger partial charge is 0.244 e. The summed E-state index contributed by atoms with van der Waals surface area (Å²) < 4.78 is 49.9. The van der Waals surface area contributed by atoms with E-state index in [0.717, 1.165) is 0 Å². The van der Waals surface area contributed by atoms with Crippen LogP contribution in [-0.2, 0) is 16.6 Å². The number of sulfonamides is 1. The van der Waals surface area contributed by atoms with Crippen molar-refractivity contribution in [1.82, 2.24) is 9.71 Å². The topological polar surface area (TPSA) is 99.9 Å². The van der Waals surface area contributed by atoms with Crippen LogP contribution in [0.2, 0.25) is 0 Å². The number of rotatable bonds is 8. The fourth-order valence-electron chi connectivity index (χ4n) is 2.81. The maximum absolute atomic E-state index is 13.0. The quantitative estimate of drug-likeness (QED) is 0.600. The molecule has 3 aromatic rings. The Labute approximate surface area is 169 Å². The van der Waals surface area contributed by atoms with Crippen LogP contribution in [-0.4, -0.2) is 34.7 Å². The number of oxazole rings is 1. The maximum atomic E-state index is 13.0. The maximum Gasteiger partial charge on any atom is 0.244 e. The van der Waals surface area contributed by atoms with Gasteiger partial charge in [-0.3, -0.25) is 0 Å². The molecular formula is C20H22N2O6S. The third-order valence-electron chi connectivity index (χ3n) is 4.30. The molecule has 1 heterocycles. The summed E-state index contributed by atoms with van der Waals surface area (Å²) in [6, 6.07) is 9.95. The Bertz CT molecular complexity index is 1110. The molecule has 0 aliphatic carbocycles. The van der Waals surface area contributed by atoms with E-state index in [2.05, 4.69) is 9.71 Å². The van der Waals surface area contributed by atoms with Gasteiger partial charge in [-0.1, -0.05) is 0 Å². The molecule has 0 radical (unpaired) electrons. The largest absolute Gasteiger partial charge is 0.497 e. The fraction of sp³-hybridized carbons (Fsp3) is 0.250. The summed E-state index contributed by atoms with van der Waals surface area (Å²) in [4.78, 5) is 4.04. The number of aryl methyl sites for hydroxylation is 1. The average molecular weight is 418 g/mol. The van der Waals surface area contributed by atoms with Crippen molar-refractivity contribution in [2.45, 2.75) is 18.4 Å². The highest BCUT2D eigenvalue weighted by Crippen LogP contribution is 2.31. The summed E-state index contributed by atoms with van der Waals surface area (Å²) in [5.74, 6) is 2.32. The zero-order valence-electron chi connectivity index (χ0n) is 16.6. The van der Waals surface area contributed by atoms with Crippen LogP contribution in [0.5, 0.6) is 17.2 Å². The second-order valence-electron chi connectivity index (χ2n) is 6.11. The fourth-order valence-corrected chi connectivity index (χ4v) is 4.00. The highest BCUT2D eigenvalue weighted by atomic mass is 32.2. The molecular weight excluding hydrogens is 396 g/mol. The van der Waals surface area contributed by atoms with E-state index >= 15 is 0 Å². The molecule has 0 amide bonds. The van der Waals surface area contributed by atoms with Crippen molar-refractivity contribution >= 4 is 10.0 Å². The zero-order valence-corrected chi connectivity index (χ0v) is 17.4. The number of nitrogens with one attached hydrogen (secondary N) is 1. The van der Waals surface area contributed by atoms with Crippen LogP contribution >= 0.6 is 0 Å². The summed E-state index contributed by atoms with van der Waals surface area (Å²) in [6.07, 6.45) is 1.54. The molecule has 1 aromatic heterocycles. The van der Waals surface area contributed by atoms with Gasteiger partial charge in [-0.15, -0.1) is 0 Å².